The van der Waals surface area contributed by atoms with E-state index >= 15 is 4.39 Å². The van der Waals surface area contributed by atoms with Gasteiger partial charge < -0.3 is 9.67 Å². The van der Waals surface area contributed by atoms with Crippen LogP contribution in [0, 0.1) is 0 Å². The molecule has 3 rings (SSSR count). The van der Waals surface area contributed by atoms with Gasteiger partial charge in [-0.15, -0.1) is 0 Å². The quantitative estimate of drug-likeness (QED) is 0.632. The summed E-state index contributed by atoms with van der Waals surface area (Å²) >= 11 is 0. The molecule has 134 valence electrons. The molecule has 3 aromatic rings. The summed E-state index contributed by atoms with van der Waals surface area (Å²) in [5, 5.41) is 11.3. The Morgan fingerprint density at radius 3 is 1.65 bits per heavy atom. The van der Waals surface area contributed by atoms with E-state index in [-0.39, 0.29) is 6.42 Å². The number of rotatable bonds is 7. The van der Waals surface area contributed by atoms with Crippen LogP contribution in [0.2, 0.25) is 0 Å². The molecule has 0 aromatic heterocycles. The molecule has 2 nitrogen and oxygen atoms in total. The summed E-state index contributed by atoms with van der Waals surface area (Å²) < 4.78 is 29.2. The molecule has 3 aromatic carbocycles. The second-order valence-electron chi connectivity index (χ2n) is 6.29. The lowest BCUT2D eigenvalue weighted by molar-refractivity contribution is 0.110. The maximum absolute atomic E-state index is 15.4. The Morgan fingerprint density at radius 2 is 1.19 bits per heavy atom. The Hall–Kier alpha value is -2.22. The lowest BCUT2D eigenvalue weighted by atomic mass is 10.1. The molecular weight excluding hydrogens is 346 g/mol. The maximum Gasteiger partial charge on any atom is 0.186 e. The number of alkyl halides is 1. The summed E-state index contributed by atoms with van der Waals surface area (Å²) in [7, 11) is -3.61. The summed E-state index contributed by atoms with van der Waals surface area (Å²) in [6, 6.07) is 26.9. The van der Waals surface area contributed by atoms with Crippen LogP contribution in [0.15, 0.2) is 91.0 Å². The molecule has 0 unspecified atom stereocenters. The van der Waals surface area contributed by atoms with Crippen LogP contribution in [0.25, 0.3) is 0 Å². The normalized spacial score (nSPS) is 13.9. The molecule has 4 heteroatoms. The molecule has 0 spiro atoms. The number of halogens is 1. The first-order valence-electron chi connectivity index (χ1n) is 8.69. The fourth-order valence-electron chi connectivity index (χ4n) is 3.07. The second kappa shape index (κ2) is 8.44. The molecule has 0 bridgehead atoms. The molecule has 0 fully saturated rings. The van der Waals surface area contributed by atoms with Gasteiger partial charge in [-0.2, -0.15) is 0 Å². The Kier molecular flexibility index (Phi) is 6.03. The fraction of sp³-hybridized carbons (Fsp3) is 0.182. The zero-order valence-corrected chi connectivity index (χ0v) is 15.3. The number of aliphatic hydroxyl groups is 1. The molecule has 2 atom stereocenters. The van der Waals surface area contributed by atoms with Gasteiger partial charge in [-0.3, -0.25) is 0 Å². The maximum atomic E-state index is 15.4. The van der Waals surface area contributed by atoms with Crippen LogP contribution in [0.4, 0.5) is 4.39 Å². The third-order valence-electron chi connectivity index (χ3n) is 4.52. The zero-order chi connectivity index (χ0) is 18.4. The van der Waals surface area contributed by atoms with Crippen molar-refractivity contribution in [1.29, 1.82) is 0 Å². The SMILES string of the molecule is O=P(c1ccccc1)(c1ccccc1)[C@@H](F)[C@@H](O)CCc1ccccc1. The molecule has 0 saturated heterocycles. The minimum atomic E-state index is -3.61. The first-order valence-corrected chi connectivity index (χ1v) is 10.5. The highest BCUT2D eigenvalue weighted by Gasteiger charge is 2.41. The van der Waals surface area contributed by atoms with E-state index in [9.17, 15) is 9.67 Å². The molecule has 0 aliphatic heterocycles. The highest BCUT2D eigenvalue weighted by atomic mass is 31.2. The Labute approximate surface area is 153 Å². The van der Waals surface area contributed by atoms with Crippen LogP contribution >= 0.6 is 7.14 Å². The van der Waals surface area contributed by atoms with Crippen molar-refractivity contribution in [3.63, 3.8) is 0 Å². The molecule has 0 heterocycles. The summed E-state index contributed by atoms with van der Waals surface area (Å²) in [4.78, 5) is 0. The van der Waals surface area contributed by atoms with Crippen LogP contribution in [-0.2, 0) is 11.0 Å². The van der Waals surface area contributed by atoms with Gasteiger partial charge in [-0.25, -0.2) is 4.39 Å². The largest absolute Gasteiger partial charge is 0.390 e. The molecule has 1 N–H and O–H groups in total. The van der Waals surface area contributed by atoms with Crippen LogP contribution in [-0.4, -0.2) is 17.1 Å². The number of hydrogen-bond donors (Lipinski definition) is 1. The molecule has 0 radical (unpaired) electrons. The van der Waals surface area contributed by atoms with Crippen LogP contribution in [0.1, 0.15) is 12.0 Å². The van der Waals surface area contributed by atoms with Gasteiger partial charge in [0.2, 0.25) is 0 Å². The van der Waals surface area contributed by atoms with Crippen molar-refractivity contribution >= 4 is 17.8 Å². The minimum absolute atomic E-state index is 0.217. The second-order valence-corrected chi connectivity index (χ2v) is 9.14. The first kappa shape index (κ1) is 18.6. The van der Waals surface area contributed by atoms with Crippen molar-refractivity contribution in [1.82, 2.24) is 0 Å². The van der Waals surface area contributed by atoms with Crippen molar-refractivity contribution < 1.29 is 14.1 Å². The van der Waals surface area contributed by atoms with Gasteiger partial charge in [0.1, 0.15) is 0 Å². The van der Waals surface area contributed by atoms with E-state index in [1.165, 1.54) is 0 Å². The Morgan fingerprint density at radius 1 is 0.769 bits per heavy atom. The average Bonchev–Trinajstić information content (AvgIpc) is 2.73. The summed E-state index contributed by atoms with van der Waals surface area (Å²) in [6.07, 6.45) is -0.553. The summed E-state index contributed by atoms with van der Waals surface area (Å²) in [5.41, 5.74) is 1.02. The van der Waals surface area contributed by atoms with Gasteiger partial charge in [0.05, 0.1) is 6.10 Å². The van der Waals surface area contributed by atoms with Gasteiger partial charge in [-0.05, 0) is 18.4 Å². The number of aliphatic hydroxyl groups excluding tert-OH is 1. The third-order valence-corrected chi connectivity index (χ3v) is 7.69. The summed E-state index contributed by atoms with van der Waals surface area (Å²) in [5.74, 6) is -1.85. The van der Waals surface area contributed by atoms with Crippen molar-refractivity contribution in [2.45, 2.75) is 24.9 Å². The highest BCUT2D eigenvalue weighted by molar-refractivity contribution is 7.79. The van der Waals surface area contributed by atoms with Crippen molar-refractivity contribution in [2.75, 3.05) is 0 Å². The average molecular weight is 368 g/mol. The molecule has 0 saturated carbocycles. The lowest BCUT2D eigenvalue weighted by Crippen LogP contribution is -2.32. The van der Waals surface area contributed by atoms with Crippen LogP contribution in [0.5, 0.6) is 0 Å². The van der Waals surface area contributed by atoms with Crippen LogP contribution in [0.3, 0.4) is 0 Å². The van der Waals surface area contributed by atoms with Gasteiger partial charge in [0.25, 0.3) is 0 Å². The van der Waals surface area contributed by atoms with Crippen molar-refractivity contribution in [3.8, 4) is 0 Å². The van der Waals surface area contributed by atoms with Gasteiger partial charge >= 0.3 is 0 Å². The molecule has 0 aliphatic rings. The van der Waals surface area contributed by atoms with Crippen molar-refractivity contribution in [2.24, 2.45) is 0 Å². The van der Waals surface area contributed by atoms with E-state index in [2.05, 4.69) is 0 Å². The molecule has 0 aliphatic carbocycles. The van der Waals surface area contributed by atoms with Gasteiger partial charge in [-0.1, -0.05) is 91.0 Å². The van der Waals surface area contributed by atoms with E-state index in [0.717, 1.165) is 5.56 Å². The molecule has 0 amide bonds. The first-order chi connectivity index (χ1) is 12.6. The lowest BCUT2D eigenvalue weighted by Gasteiger charge is -2.26. The Balaban J connectivity index is 1.88. The predicted octanol–water partition coefficient (Wildman–Crippen LogP) is 4.29. The molecule has 26 heavy (non-hydrogen) atoms. The third kappa shape index (κ3) is 3.95. The van der Waals surface area contributed by atoms with E-state index in [1.807, 2.05) is 30.3 Å². The van der Waals surface area contributed by atoms with E-state index in [0.29, 0.717) is 17.0 Å². The topological polar surface area (TPSA) is 37.3 Å². The molecular formula is C22H22FO2P. The predicted molar refractivity (Wildman–Crippen MR) is 105 cm³/mol. The van der Waals surface area contributed by atoms with Crippen LogP contribution < -0.4 is 10.6 Å². The monoisotopic (exact) mass is 368 g/mol. The number of hydrogen-bond acceptors (Lipinski definition) is 2. The van der Waals surface area contributed by atoms with E-state index in [1.54, 1.807) is 60.7 Å². The highest BCUT2D eigenvalue weighted by Crippen LogP contribution is 2.51. The minimum Gasteiger partial charge on any atom is -0.390 e. The van der Waals surface area contributed by atoms with E-state index in [4.69, 9.17) is 0 Å². The van der Waals surface area contributed by atoms with Gasteiger partial charge in [0, 0.05) is 10.6 Å². The Bertz CT molecular complexity index is 810. The van der Waals surface area contributed by atoms with Crippen molar-refractivity contribution in [3.05, 3.63) is 96.6 Å². The smallest absolute Gasteiger partial charge is 0.186 e. The van der Waals surface area contributed by atoms with Gasteiger partial charge in [0.15, 0.2) is 13.1 Å². The zero-order valence-electron chi connectivity index (χ0n) is 14.4. The van der Waals surface area contributed by atoms with E-state index < -0.39 is 19.2 Å². The fourth-order valence-corrected chi connectivity index (χ4v) is 5.80. The number of aryl methyl sites for hydroxylation is 1. The standard InChI is InChI=1S/C22H22FO2P/c23-22(21(24)17-16-18-10-4-1-5-11-18)26(25,19-12-6-2-7-13-19)20-14-8-3-9-15-20/h1-15,21-22,24H,16-17H2/t21-,22+/m0/s1. The summed E-state index contributed by atoms with van der Waals surface area (Å²) in [6.45, 7) is 0. The number of benzene rings is 3.